The van der Waals surface area contributed by atoms with E-state index in [1.165, 1.54) is 11.1 Å². The van der Waals surface area contributed by atoms with Crippen LogP contribution in [0.3, 0.4) is 0 Å². The molecule has 0 radical (unpaired) electrons. The van der Waals surface area contributed by atoms with Gasteiger partial charge in [0, 0.05) is 44.1 Å². The first-order valence-corrected chi connectivity index (χ1v) is 20.2. The van der Waals surface area contributed by atoms with Crippen LogP contribution in [0.25, 0.3) is 101 Å². The van der Waals surface area contributed by atoms with E-state index in [1.807, 2.05) is 30.3 Å². The van der Waals surface area contributed by atoms with Crippen molar-refractivity contribution in [2.24, 2.45) is 0 Å². The number of hydrogen-bond acceptors (Lipinski definition) is 4. The van der Waals surface area contributed by atoms with E-state index in [9.17, 15) is 0 Å². The lowest BCUT2D eigenvalue weighted by Gasteiger charge is -2.16. The highest BCUT2D eigenvalue weighted by Crippen LogP contribution is 2.42. The summed E-state index contributed by atoms with van der Waals surface area (Å²) in [7, 11) is 0. The summed E-state index contributed by atoms with van der Waals surface area (Å²) in [5.41, 5.74) is 14.7. The summed E-state index contributed by atoms with van der Waals surface area (Å²) in [6.07, 6.45) is 9.17. The highest BCUT2D eigenvalue weighted by atomic mass is 15.0. The fraction of sp³-hybridized carbons (Fsp3) is 0.0182. The zero-order chi connectivity index (χ0) is 40.0. The second-order valence-corrected chi connectivity index (χ2v) is 15.1. The number of benzene rings is 7. The monoisotopic (exact) mass is 767 g/mol. The van der Waals surface area contributed by atoms with Crippen molar-refractivity contribution in [3.8, 4) is 62.2 Å². The largest absolute Gasteiger partial charge is 0.308 e. The van der Waals surface area contributed by atoms with Gasteiger partial charge in [-0.2, -0.15) is 0 Å². The van der Waals surface area contributed by atoms with Crippen LogP contribution in [-0.4, -0.2) is 24.5 Å². The van der Waals surface area contributed by atoms with Gasteiger partial charge >= 0.3 is 0 Å². The Bertz CT molecular complexity index is 3340. The lowest BCUT2D eigenvalue weighted by molar-refractivity contribution is 1.07. The summed E-state index contributed by atoms with van der Waals surface area (Å²) in [4.78, 5) is 20.7. The third-order valence-corrected chi connectivity index (χ3v) is 11.4. The summed E-state index contributed by atoms with van der Waals surface area (Å²) in [5.74, 6) is 1.85. The third-order valence-electron chi connectivity index (χ3n) is 11.4. The van der Waals surface area contributed by atoms with Crippen molar-refractivity contribution in [1.29, 1.82) is 0 Å². The van der Waals surface area contributed by atoms with Gasteiger partial charge in [0.2, 0.25) is 0 Å². The maximum Gasteiger partial charge on any atom is 0.164 e. The molecule has 0 bridgehead atoms. The fourth-order valence-corrected chi connectivity index (χ4v) is 8.56. The predicted molar refractivity (Wildman–Crippen MR) is 248 cm³/mol. The van der Waals surface area contributed by atoms with Crippen molar-refractivity contribution >= 4 is 38.3 Å². The molecule has 1 aliphatic rings. The molecule has 3 aromatic heterocycles. The van der Waals surface area contributed by atoms with E-state index >= 15 is 0 Å². The van der Waals surface area contributed by atoms with Gasteiger partial charge in [0.15, 0.2) is 17.5 Å². The van der Waals surface area contributed by atoms with Gasteiger partial charge < -0.3 is 4.57 Å². The van der Waals surface area contributed by atoms with Crippen molar-refractivity contribution < 1.29 is 0 Å². The number of hydrogen-bond donors (Lipinski definition) is 0. The minimum atomic E-state index is 0.606. The molecule has 0 spiro atoms. The standard InChI is InChI=1S/C55H37N5/c1-36-17-5-2-8-20-40-35-41(33-34-44(40)45-24-12-11-23-43(36)45)55-58-53(38-18-6-3-7-19-38)57-54(59-55)39-31-29-37(30-32-39)51-50-47-26-14-16-28-49(47)60(42-21-9-4-10-22-42)52(50)46-25-13-15-27-48(46)56-51/h2-19,21-35H,1,20H2/b8-2-,17-5-. The van der Waals surface area contributed by atoms with E-state index in [-0.39, 0.29) is 0 Å². The highest BCUT2D eigenvalue weighted by Gasteiger charge is 2.21. The van der Waals surface area contributed by atoms with Crippen LogP contribution in [0.15, 0.2) is 207 Å². The molecule has 0 saturated carbocycles. The molecule has 10 aromatic rings. The molecule has 0 fully saturated rings. The molecule has 0 saturated heterocycles. The first-order chi connectivity index (χ1) is 29.7. The Kier molecular flexibility index (Phi) is 8.63. The quantitative estimate of drug-likeness (QED) is 0.175. The second kappa shape index (κ2) is 14.7. The van der Waals surface area contributed by atoms with Gasteiger partial charge in [-0.3, -0.25) is 0 Å². The lowest BCUT2D eigenvalue weighted by Crippen LogP contribution is -2.01. The Morgan fingerprint density at radius 1 is 0.467 bits per heavy atom. The Hall–Kier alpha value is -8.02. The molecule has 3 heterocycles. The van der Waals surface area contributed by atoms with Crippen LogP contribution >= 0.6 is 0 Å². The number of fused-ring (bicyclic) bond motifs is 8. The molecule has 0 amide bonds. The number of allylic oxidation sites excluding steroid dienone is 5. The summed E-state index contributed by atoms with van der Waals surface area (Å²) < 4.78 is 2.37. The highest BCUT2D eigenvalue weighted by molar-refractivity contribution is 6.22. The molecule has 5 nitrogen and oxygen atoms in total. The average Bonchev–Trinajstić information content (AvgIpc) is 3.67. The molecule has 0 atom stereocenters. The van der Waals surface area contributed by atoms with Gasteiger partial charge in [0.05, 0.1) is 22.2 Å². The second-order valence-electron chi connectivity index (χ2n) is 15.1. The van der Waals surface area contributed by atoms with Gasteiger partial charge in [-0.1, -0.05) is 176 Å². The van der Waals surface area contributed by atoms with Gasteiger partial charge in [0.25, 0.3) is 0 Å². The predicted octanol–water partition coefficient (Wildman–Crippen LogP) is 13.5. The molecule has 7 aromatic carbocycles. The first-order valence-electron chi connectivity index (χ1n) is 20.2. The smallest absolute Gasteiger partial charge is 0.164 e. The van der Waals surface area contributed by atoms with Crippen molar-refractivity contribution in [1.82, 2.24) is 24.5 Å². The SMILES string of the molecule is C=C1/C=C\C=C/Cc2cc(-c3nc(-c4ccccc4)nc(-c4ccc(-c5nc6ccccc6c6c5c5ccccc5n6-c5ccccc5)cc4)n3)ccc2-c2ccccc21. The van der Waals surface area contributed by atoms with Crippen LogP contribution in [0.1, 0.15) is 11.1 Å². The Morgan fingerprint density at radius 3 is 1.85 bits per heavy atom. The maximum absolute atomic E-state index is 5.35. The van der Waals surface area contributed by atoms with Crippen LogP contribution in [0, 0.1) is 0 Å². The topological polar surface area (TPSA) is 56.5 Å². The summed E-state index contributed by atoms with van der Waals surface area (Å²) in [6, 6.07) is 61.3. The lowest BCUT2D eigenvalue weighted by atomic mass is 9.89. The third kappa shape index (κ3) is 6.12. The number of aromatic nitrogens is 5. The Labute approximate surface area is 348 Å². The minimum Gasteiger partial charge on any atom is -0.308 e. The maximum atomic E-state index is 5.35. The summed E-state index contributed by atoms with van der Waals surface area (Å²) in [5, 5.41) is 3.39. The molecule has 5 heteroatoms. The van der Waals surface area contributed by atoms with Crippen LogP contribution in [0.4, 0.5) is 0 Å². The molecule has 0 N–H and O–H groups in total. The molecule has 282 valence electrons. The van der Waals surface area contributed by atoms with E-state index < -0.39 is 0 Å². The molecule has 0 aliphatic heterocycles. The van der Waals surface area contributed by atoms with Gasteiger partial charge in [-0.15, -0.1) is 0 Å². The van der Waals surface area contributed by atoms with Crippen LogP contribution in [0.5, 0.6) is 0 Å². The van der Waals surface area contributed by atoms with Crippen molar-refractivity contribution in [3.63, 3.8) is 0 Å². The number of nitrogens with zero attached hydrogens (tertiary/aromatic N) is 5. The van der Waals surface area contributed by atoms with Gasteiger partial charge in [-0.25, -0.2) is 19.9 Å². The van der Waals surface area contributed by atoms with E-state index in [0.29, 0.717) is 17.5 Å². The van der Waals surface area contributed by atoms with E-state index in [1.54, 1.807) is 0 Å². The normalized spacial score (nSPS) is 13.6. The number of para-hydroxylation sites is 3. The zero-order valence-corrected chi connectivity index (χ0v) is 32.7. The molecular formula is C55H37N5. The van der Waals surface area contributed by atoms with E-state index in [4.69, 9.17) is 19.9 Å². The Morgan fingerprint density at radius 2 is 1.07 bits per heavy atom. The molecular weight excluding hydrogens is 731 g/mol. The van der Waals surface area contributed by atoms with E-state index in [2.05, 4.69) is 181 Å². The number of pyridine rings is 1. The van der Waals surface area contributed by atoms with Crippen LogP contribution in [0.2, 0.25) is 0 Å². The summed E-state index contributed by atoms with van der Waals surface area (Å²) in [6.45, 7) is 4.36. The molecule has 0 unspecified atom stereocenters. The molecule has 1 aliphatic carbocycles. The first kappa shape index (κ1) is 35.2. The Balaban J connectivity index is 1.06. The van der Waals surface area contributed by atoms with Gasteiger partial charge in [-0.05, 0) is 64.6 Å². The van der Waals surface area contributed by atoms with Crippen LogP contribution in [-0.2, 0) is 6.42 Å². The fourth-order valence-electron chi connectivity index (χ4n) is 8.56. The molecule has 60 heavy (non-hydrogen) atoms. The number of rotatable bonds is 5. The van der Waals surface area contributed by atoms with Crippen molar-refractivity contribution in [3.05, 3.63) is 218 Å². The van der Waals surface area contributed by atoms with E-state index in [0.717, 1.165) is 89.5 Å². The zero-order valence-electron chi connectivity index (χ0n) is 32.7. The molecule has 11 rings (SSSR count). The minimum absolute atomic E-state index is 0.606. The van der Waals surface area contributed by atoms with Crippen LogP contribution < -0.4 is 0 Å². The van der Waals surface area contributed by atoms with Crippen molar-refractivity contribution in [2.45, 2.75) is 6.42 Å². The summed E-state index contributed by atoms with van der Waals surface area (Å²) >= 11 is 0. The van der Waals surface area contributed by atoms with Gasteiger partial charge in [0.1, 0.15) is 0 Å². The average molecular weight is 768 g/mol. The van der Waals surface area contributed by atoms with Crippen molar-refractivity contribution in [2.75, 3.05) is 0 Å².